The number of carbonyl (C=O) groups is 1. The second kappa shape index (κ2) is 6.24. The van der Waals surface area contributed by atoms with Gasteiger partial charge < -0.3 is 9.84 Å². The maximum atomic E-state index is 11.8. The minimum atomic E-state index is -0.415. The predicted molar refractivity (Wildman–Crippen MR) is 65.1 cm³/mol. The fourth-order valence-corrected chi connectivity index (χ4v) is 1.22. The van der Waals surface area contributed by atoms with Crippen molar-refractivity contribution in [3.05, 3.63) is 0 Å². The highest BCUT2D eigenvalue weighted by Gasteiger charge is 2.30. The van der Waals surface area contributed by atoms with Crippen LogP contribution >= 0.6 is 0 Å². The van der Waals surface area contributed by atoms with Crippen molar-refractivity contribution in [3.63, 3.8) is 0 Å². The highest BCUT2D eigenvalue weighted by atomic mass is 16.5. The summed E-state index contributed by atoms with van der Waals surface area (Å²) in [5.41, 5.74) is -0.766. The molecular formula is C13H26O3. The molecule has 3 heteroatoms. The van der Waals surface area contributed by atoms with E-state index in [2.05, 4.69) is 6.92 Å². The number of rotatable bonds is 7. The number of aliphatic hydroxyl groups excluding tert-OH is 1. The highest BCUT2D eigenvalue weighted by Crippen LogP contribution is 2.26. The smallest absolute Gasteiger partial charge is 0.311 e. The van der Waals surface area contributed by atoms with E-state index < -0.39 is 5.41 Å². The molecule has 0 aromatic rings. The zero-order valence-corrected chi connectivity index (χ0v) is 11.3. The fourth-order valence-electron chi connectivity index (χ4n) is 1.22. The van der Waals surface area contributed by atoms with Crippen molar-refractivity contribution in [1.29, 1.82) is 0 Å². The molecule has 0 unspecified atom stereocenters. The van der Waals surface area contributed by atoms with Gasteiger partial charge in [-0.1, -0.05) is 33.6 Å². The van der Waals surface area contributed by atoms with Crippen molar-refractivity contribution < 1.29 is 14.6 Å². The first-order chi connectivity index (χ1) is 7.25. The Labute approximate surface area is 99.2 Å². The Morgan fingerprint density at radius 2 is 1.81 bits per heavy atom. The Balaban J connectivity index is 4.14. The third kappa shape index (κ3) is 5.50. The van der Waals surface area contributed by atoms with Crippen molar-refractivity contribution in [2.75, 3.05) is 13.2 Å². The highest BCUT2D eigenvalue weighted by molar-refractivity contribution is 5.75. The molecule has 3 nitrogen and oxygen atoms in total. The first-order valence-electron chi connectivity index (χ1n) is 6.03. The molecular weight excluding hydrogens is 204 g/mol. The van der Waals surface area contributed by atoms with Gasteiger partial charge in [-0.2, -0.15) is 0 Å². The quantitative estimate of drug-likeness (QED) is 0.684. The predicted octanol–water partition coefficient (Wildman–Crippen LogP) is 2.76. The molecule has 0 aromatic heterocycles. The molecule has 0 saturated heterocycles. The molecule has 1 N–H and O–H groups in total. The Bertz CT molecular complexity index is 219. The standard InChI is InChI=1S/C13H26O3/c1-6-7-8-13(4,5)11(15)16-10-12(2,3)9-14/h14H,6-10H2,1-5H3. The zero-order chi connectivity index (χ0) is 12.8. The molecule has 0 aliphatic heterocycles. The maximum Gasteiger partial charge on any atom is 0.311 e. The largest absolute Gasteiger partial charge is 0.465 e. The second-order valence-electron chi connectivity index (χ2n) is 5.89. The Morgan fingerprint density at radius 3 is 2.25 bits per heavy atom. The van der Waals surface area contributed by atoms with E-state index in [1.165, 1.54) is 0 Å². The molecule has 0 atom stereocenters. The van der Waals surface area contributed by atoms with Crippen LogP contribution in [-0.2, 0) is 9.53 Å². The molecule has 16 heavy (non-hydrogen) atoms. The summed E-state index contributed by atoms with van der Waals surface area (Å²) in [6, 6.07) is 0. The van der Waals surface area contributed by atoms with Crippen LogP contribution in [0.3, 0.4) is 0 Å². The van der Waals surface area contributed by atoms with Gasteiger partial charge in [0.25, 0.3) is 0 Å². The number of aliphatic hydroxyl groups is 1. The minimum absolute atomic E-state index is 0.0235. The van der Waals surface area contributed by atoms with Crippen LogP contribution in [0.5, 0.6) is 0 Å². The van der Waals surface area contributed by atoms with Gasteiger partial charge in [0.2, 0.25) is 0 Å². The Hall–Kier alpha value is -0.570. The molecule has 0 heterocycles. The SMILES string of the molecule is CCCCC(C)(C)C(=O)OCC(C)(C)CO. The van der Waals surface area contributed by atoms with Crippen molar-refractivity contribution in [2.45, 2.75) is 53.9 Å². The third-order valence-electron chi connectivity index (χ3n) is 2.73. The van der Waals surface area contributed by atoms with Crippen molar-refractivity contribution in [1.82, 2.24) is 0 Å². The number of esters is 1. The number of carbonyl (C=O) groups excluding carboxylic acids is 1. The summed E-state index contributed by atoms with van der Waals surface area (Å²) in [6.45, 7) is 9.98. The monoisotopic (exact) mass is 230 g/mol. The lowest BCUT2D eigenvalue weighted by molar-refractivity contribution is -0.158. The van der Waals surface area contributed by atoms with Crippen LogP contribution in [0.1, 0.15) is 53.9 Å². The average Bonchev–Trinajstić information content (AvgIpc) is 2.23. The molecule has 96 valence electrons. The Morgan fingerprint density at radius 1 is 1.25 bits per heavy atom. The van der Waals surface area contributed by atoms with E-state index in [1.807, 2.05) is 27.7 Å². The van der Waals surface area contributed by atoms with Crippen molar-refractivity contribution in [3.8, 4) is 0 Å². The van der Waals surface area contributed by atoms with E-state index in [0.717, 1.165) is 19.3 Å². The van der Waals surface area contributed by atoms with Crippen LogP contribution in [0.25, 0.3) is 0 Å². The molecule has 0 aromatic carbocycles. The molecule has 0 aliphatic carbocycles. The van der Waals surface area contributed by atoms with Crippen LogP contribution in [0, 0.1) is 10.8 Å². The first kappa shape index (κ1) is 15.4. The molecule has 0 radical (unpaired) electrons. The average molecular weight is 230 g/mol. The van der Waals surface area contributed by atoms with Gasteiger partial charge in [0, 0.05) is 5.41 Å². The van der Waals surface area contributed by atoms with Gasteiger partial charge in [-0.3, -0.25) is 4.79 Å². The van der Waals surface area contributed by atoms with E-state index in [1.54, 1.807) is 0 Å². The van der Waals surface area contributed by atoms with E-state index in [4.69, 9.17) is 9.84 Å². The normalized spacial score (nSPS) is 12.6. The summed E-state index contributed by atoms with van der Waals surface area (Å²) in [7, 11) is 0. The van der Waals surface area contributed by atoms with Gasteiger partial charge in [0.1, 0.15) is 0 Å². The van der Waals surface area contributed by atoms with Gasteiger partial charge >= 0.3 is 5.97 Å². The minimum Gasteiger partial charge on any atom is -0.465 e. The van der Waals surface area contributed by atoms with E-state index in [-0.39, 0.29) is 24.6 Å². The fraction of sp³-hybridized carbons (Fsp3) is 0.923. The lowest BCUT2D eigenvalue weighted by Crippen LogP contribution is -2.32. The second-order valence-corrected chi connectivity index (χ2v) is 5.89. The molecule has 0 saturated carbocycles. The third-order valence-corrected chi connectivity index (χ3v) is 2.73. The summed E-state index contributed by atoms with van der Waals surface area (Å²) in [6.07, 6.45) is 2.96. The van der Waals surface area contributed by atoms with Gasteiger partial charge in [0.05, 0.1) is 18.6 Å². The van der Waals surface area contributed by atoms with Gasteiger partial charge in [-0.25, -0.2) is 0 Å². The number of hydrogen-bond acceptors (Lipinski definition) is 3. The first-order valence-corrected chi connectivity index (χ1v) is 6.03. The molecule has 0 spiro atoms. The molecule has 0 amide bonds. The number of hydrogen-bond donors (Lipinski definition) is 1. The van der Waals surface area contributed by atoms with Gasteiger partial charge in [-0.15, -0.1) is 0 Å². The maximum absolute atomic E-state index is 11.8. The molecule has 0 bridgehead atoms. The van der Waals surface area contributed by atoms with Gasteiger partial charge in [0.15, 0.2) is 0 Å². The summed E-state index contributed by atoms with van der Waals surface area (Å²) in [5.74, 6) is -0.164. The number of ether oxygens (including phenoxy) is 1. The van der Waals surface area contributed by atoms with Crippen LogP contribution in [0.4, 0.5) is 0 Å². The van der Waals surface area contributed by atoms with E-state index in [0.29, 0.717) is 0 Å². The van der Waals surface area contributed by atoms with Crippen molar-refractivity contribution in [2.24, 2.45) is 10.8 Å². The van der Waals surface area contributed by atoms with E-state index in [9.17, 15) is 4.79 Å². The van der Waals surface area contributed by atoms with Crippen LogP contribution in [-0.4, -0.2) is 24.3 Å². The summed E-state index contributed by atoms with van der Waals surface area (Å²) >= 11 is 0. The molecule has 0 fully saturated rings. The summed E-state index contributed by atoms with van der Waals surface area (Å²) in [5, 5.41) is 9.06. The van der Waals surface area contributed by atoms with Crippen LogP contribution in [0.2, 0.25) is 0 Å². The summed E-state index contributed by atoms with van der Waals surface area (Å²) < 4.78 is 5.26. The van der Waals surface area contributed by atoms with Crippen molar-refractivity contribution >= 4 is 5.97 Å². The zero-order valence-electron chi connectivity index (χ0n) is 11.3. The van der Waals surface area contributed by atoms with Gasteiger partial charge in [-0.05, 0) is 20.3 Å². The molecule has 0 aliphatic rings. The molecule has 0 rings (SSSR count). The number of unbranched alkanes of at least 4 members (excludes halogenated alkanes) is 1. The van der Waals surface area contributed by atoms with Crippen LogP contribution in [0.15, 0.2) is 0 Å². The van der Waals surface area contributed by atoms with Crippen LogP contribution < -0.4 is 0 Å². The topological polar surface area (TPSA) is 46.5 Å². The lowest BCUT2D eigenvalue weighted by Gasteiger charge is -2.26. The van der Waals surface area contributed by atoms with E-state index >= 15 is 0 Å². The Kier molecular flexibility index (Phi) is 6.01. The lowest BCUT2D eigenvalue weighted by atomic mass is 9.87. The summed E-state index contributed by atoms with van der Waals surface area (Å²) in [4.78, 5) is 11.8.